The second-order valence-corrected chi connectivity index (χ2v) is 5.57. The Morgan fingerprint density at radius 3 is 2.27 bits per heavy atom. The summed E-state index contributed by atoms with van der Waals surface area (Å²) in [5.41, 5.74) is 2.36. The number of ether oxygens (including phenoxy) is 2. The van der Waals surface area contributed by atoms with Gasteiger partial charge in [0.2, 0.25) is 5.78 Å². The molecule has 0 saturated carbocycles. The van der Waals surface area contributed by atoms with Crippen molar-refractivity contribution in [1.82, 2.24) is 0 Å². The number of Topliss-reactive ketones (excluding diaryl/α,β-unsaturated/α-hetero) is 1. The zero-order valence-electron chi connectivity index (χ0n) is 14.1. The van der Waals surface area contributed by atoms with Crippen molar-refractivity contribution in [3.63, 3.8) is 0 Å². The lowest BCUT2D eigenvalue weighted by atomic mass is 10.1. The van der Waals surface area contributed by atoms with Gasteiger partial charge >= 0.3 is 5.97 Å². The smallest absolute Gasteiger partial charge is 0.338 e. The number of hydrogen-bond acceptors (Lipinski definition) is 5. The molecule has 0 atom stereocenters. The van der Waals surface area contributed by atoms with E-state index >= 15 is 0 Å². The quantitative estimate of drug-likeness (QED) is 0.386. The Bertz CT molecular complexity index is 945. The van der Waals surface area contributed by atoms with E-state index in [2.05, 4.69) is 0 Å². The maximum absolute atomic E-state index is 12.7. The summed E-state index contributed by atoms with van der Waals surface area (Å²) in [5.74, 6) is -0.463. The summed E-state index contributed by atoms with van der Waals surface area (Å²) in [6, 6.07) is 17.1. The molecule has 0 radical (unpaired) electrons. The molecule has 0 fully saturated rings. The molecule has 0 aromatic heterocycles. The van der Waals surface area contributed by atoms with Crippen LogP contribution in [0, 0.1) is 0 Å². The first-order valence-corrected chi connectivity index (χ1v) is 7.96. The minimum Gasteiger partial charge on any atom is -0.485 e. The largest absolute Gasteiger partial charge is 0.485 e. The average Bonchev–Trinajstić information content (AvgIpc) is 2.86. The van der Waals surface area contributed by atoms with Crippen molar-refractivity contribution >= 4 is 18.0 Å². The Labute approximate surface area is 150 Å². The van der Waals surface area contributed by atoms with E-state index in [-0.39, 0.29) is 12.4 Å². The molecule has 1 aromatic carbocycles. The highest BCUT2D eigenvalue weighted by atomic mass is 16.5. The Balaban J connectivity index is 1.91. The van der Waals surface area contributed by atoms with Gasteiger partial charge < -0.3 is 9.47 Å². The maximum atomic E-state index is 12.7. The zero-order valence-corrected chi connectivity index (χ0v) is 14.1. The summed E-state index contributed by atoms with van der Waals surface area (Å²) in [6.45, 7) is -0.247. The van der Waals surface area contributed by atoms with Crippen molar-refractivity contribution in [3.05, 3.63) is 77.4 Å². The Kier molecular flexibility index (Phi) is 5.08. The highest BCUT2D eigenvalue weighted by Crippen LogP contribution is 2.32. The highest BCUT2D eigenvalue weighted by Gasteiger charge is 2.24. The van der Waals surface area contributed by atoms with Crippen molar-refractivity contribution in [3.8, 4) is 16.9 Å². The molecular formula is C21H16O5. The van der Waals surface area contributed by atoms with Crippen molar-refractivity contribution < 1.29 is 23.9 Å². The minimum atomic E-state index is -0.507. The number of para-hydroxylation sites is 1. The van der Waals surface area contributed by atoms with Gasteiger partial charge in [0.25, 0.3) is 0 Å². The van der Waals surface area contributed by atoms with Crippen LogP contribution >= 0.6 is 0 Å². The topological polar surface area (TPSA) is 69.7 Å². The number of fused-ring (bicyclic) bond motifs is 1. The summed E-state index contributed by atoms with van der Waals surface area (Å²) < 4.78 is 10.3. The van der Waals surface area contributed by atoms with E-state index in [1.54, 1.807) is 48.5 Å². The number of carbonyl (C=O) groups is 3. The van der Waals surface area contributed by atoms with Crippen LogP contribution in [0.4, 0.5) is 0 Å². The number of esters is 1. The molecule has 0 unspecified atom stereocenters. The van der Waals surface area contributed by atoms with Crippen LogP contribution in [0.1, 0.15) is 31.1 Å². The molecule has 3 rings (SSSR count). The third-order valence-corrected chi connectivity index (χ3v) is 4.02. The van der Waals surface area contributed by atoms with Crippen molar-refractivity contribution in [2.45, 2.75) is 0 Å². The van der Waals surface area contributed by atoms with Crippen LogP contribution in [0.2, 0.25) is 0 Å². The Hall–Kier alpha value is -3.47. The predicted molar refractivity (Wildman–Crippen MR) is 96.1 cm³/mol. The standard InChI is InChI=1S/C21H16O5/c1-25-21(24)18-11-17(15-8-3-2-4-9-16(15)18)19(23)13-26-20-10-6-5-7-14(20)12-22/h2-12H,13H2,1H3. The Morgan fingerprint density at radius 1 is 0.923 bits per heavy atom. The van der Waals surface area contributed by atoms with Crippen LogP contribution in [0.3, 0.4) is 0 Å². The lowest BCUT2D eigenvalue weighted by molar-refractivity contribution is 0.0602. The lowest BCUT2D eigenvalue weighted by Crippen LogP contribution is -2.12. The highest BCUT2D eigenvalue weighted by molar-refractivity contribution is 6.10. The molecule has 26 heavy (non-hydrogen) atoms. The molecule has 0 amide bonds. The number of methoxy groups -OCH3 is 1. The van der Waals surface area contributed by atoms with E-state index in [4.69, 9.17) is 9.47 Å². The fourth-order valence-electron chi connectivity index (χ4n) is 2.76. The van der Waals surface area contributed by atoms with Gasteiger partial charge in [-0.25, -0.2) is 4.79 Å². The van der Waals surface area contributed by atoms with Gasteiger partial charge in [-0.15, -0.1) is 0 Å². The van der Waals surface area contributed by atoms with E-state index in [0.717, 1.165) is 0 Å². The van der Waals surface area contributed by atoms with Crippen LogP contribution in [0.5, 0.6) is 5.75 Å². The number of benzene rings is 1. The monoisotopic (exact) mass is 348 g/mol. The lowest BCUT2D eigenvalue weighted by Gasteiger charge is -2.07. The number of aldehydes is 1. The molecule has 5 nitrogen and oxygen atoms in total. The van der Waals surface area contributed by atoms with E-state index in [0.29, 0.717) is 39.9 Å². The van der Waals surface area contributed by atoms with Crippen LogP contribution in [-0.2, 0) is 4.74 Å². The Morgan fingerprint density at radius 2 is 1.58 bits per heavy atom. The van der Waals surface area contributed by atoms with Crippen molar-refractivity contribution in [1.29, 1.82) is 0 Å². The molecule has 0 bridgehead atoms. The SMILES string of the molecule is COC(=O)c1cc(C(=O)COc2ccccc2C=O)c2cccccc1-2. The number of ketones is 1. The van der Waals surface area contributed by atoms with Gasteiger partial charge in [0.15, 0.2) is 12.9 Å². The summed E-state index contributed by atoms with van der Waals surface area (Å²) in [6.07, 6.45) is 0.674. The summed E-state index contributed by atoms with van der Waals surface area (Å²) >= 11 is 0. The van der Waals surface area contributed by atoms with Gasteiger partial charge in [0.05, 0.1) is 18.2 Å². The third kappa shape index (κ3) is 3.32. The van der Waals surface area contributed by atoms with Crippen LogP contribution < -0.4 is 4.74 Å². The fraction of sp³-hybridized carbons (Fsp3) is 0.0952. The second-order valence-electron chi connectivity index (χ2n) is 5.57. The number of rotatable bonds is 6. The molecule has 0 spiro atoms. The van der Waals surface area contributed by atoms with Crippen molar-refractivity contribution in [2.75, 3.05) is 13.7 Å². The molecule has 1 aromatic rings. The van der Waals surface area contributed by atoms with E-state index in [9.17, 15) is 14.4 Å². The van der Waals surface area contributed by atoms with Gasteiger partial charge in [-0.05, 0) is 29.3 Å². The molecule has 2 aliphatic carbocycles. The summed E-state index contributed by atoms with van der Waals surface area (Å²) in [7, 11) is 1.30. The molecular weight excluding hydrogens is 332 g/mol. The first kappa shape index (κ1) is 17.4. The van der Waals surface area contributed by atoms with E-state index in [1.807, 2.05) is 6.07 Å². The van der Waals surface area contributed by atoms with Gasteiger partial charge in [-0.3, -0.25) is 9.59 Å². The third-order valence-electron chi connectivity index (χ3n) is 4.02. The number of hydrogen-bond donors (Lipinski definition) is 0. The zero-order chi connectivity index (χ0) is 18.5. The molecule has 5 heteroatoms. The molecule has 2 aliphatic rings. The normalized spacial score (nSPS) is 10.3. The second kappa shape index (κ2) is 7.61. The maximum Gasteiger partial charge on any atom is 0.338 e. The fourth-order valence-corrected chi connectivity index (χ4v) is 2.76. The van der Waals surface area contributed by atoms with Gasteiger partial charge in [-0.2, -0.15) is 0 Å². The molecule has 0 aliphatic heterocycles. The average molecular weight is 348 g/mol. The van der Waals surface area contributed by atoms with E-state index in [1.165, 1.54) is 13.2 Å². The van der Waals surface area contributed by atoms with Gasteiger partial charge in [0, 0.05) is 5.56 Å². The van der Waals surface area contributed by atoms with Crippen LogP contribution in [-0.4, -0.2) is 31.8 Å². The number of carbonyl (C=O) groups excluding carboxylic acids is 3. The molecule has 0 saturated heterocycles. The van der Waals surface area contributed by atoms with Crippen LogP contribution in [0.15, 0.2) is 60.7 Å². The summed E-state index contributed by atoms with van der Waals surface area (Å²) in [4.78, 5) is 35.8. The molecule has 0 heterocycles. The summed E-state index contributed by atoms with van der Waals surface area (Å²) in [5, 5.41) is 0. The van der Waals surface area contributed by atoms with Crippen molar-refractivity contribution in [2.24, 2.45) is 0 Å². The van der Waals surface area contributed by atoms with Crippen LogP contribution in [0.25, 0.3) is 11.1 Å². The van der Waals surface area contributed by atoms with Gasteiger partial charge in [-0.1, -0.05) is 42.5 Å². The molecule has 0 N–H and O–H groups in total. The first-order valence-electron chi connectivity index (χ1n) is 7.96. The molecule has 130 valence electrons. The van der Waals surface area contributed by atoms with Gasteiger partial charge in [0.1, 0.15) is 5.75 Å². The first-order chi connectivity index (χ1) is 12.7. The van der Waals surface area contributed by atoms with E-state index < -0.39 is 5.97 Å². The minimum absolute atomic E-state index is 0.247. The predicted octanol–water partition coefficient (Wildman–Crippen LogP) is 3.65.